The SMILES string of the molecule is O=C(O)C1CCCCN1C(=O)Nc1ccc(Br)cc1Br. The Morgan fingerprint density at radius 2 is 2.05 bits per heavy atom. The van der Waals surface area contributed by atoms with Crippen LogP contribution >= 0.6 is 31.9 Å². The second-order valence-electron chi connectivity index (χ2n) is 4.60. The van der Waals surface area contributed by atoms with Gasteiger partial charge in [0.25, 0.3) is 0 Å². The lowest BCUT2D eigenvalue weighted by Crippen LogP contribution is -2.49. The second-order valence-corrected chi connectivity index (χ2v) is 6.37. The van der Waals surface area contributed by atoms with E-state index in [2.05, 4.69) is 37.2 Å². The van der Waals surface area contributed by atoms with Crippen LogP contribution in [0.4, 0.5) is 10.5 Å². The number of hydrogen-bond donors (Lipinski definition) is 2. The smallest absolute Gasteiger partial charge is 0.326 e. The number of benzene rings is 1. The first kappa shape index (κ1) is 15.3. The van der Waals surface area contributed by atoms with Gasteiger partial charge in [-0.1, -0.05) is 15.9 Å². The lowest BCUT2D eigenvalue weighted by Gasteiger charge is -2.33. The van der Waals surface area contributed by atoms with Crippen LogP contribution in [0.1, 0.15) is 19.3 Å². The van der Waals surface area contributed by atoms with E-state index in [1.165, 1.54) is 4.90 Å². The Hall–Kier alpha value is -1.08. The first-order valence-corrected chi connectivity index (χ1v) is 7.83. The van der Waals surface area contributed by atoms with Gasteiger partial charge in [0, 0.05) is 15.5 Å². The summed E-state index contributed by atoms with van der Waals surface area (Å²) in [4.78, 5) is 24.8. The van der Waals surface area contributed by atoms with Crippen molar-refractivity contribution in [3.63, 3.8) is 0 Å². The minimum atomic E-state index is -0.949. The van der Waals surface area contributed by atoms with E-state index in [0.29, 0.717) is 18.7 Å². The molecule has 1 aliphatic heterocycles. The number of aliphatic carboxylic acids is 1. The molecule has 7 heteroatoms. The molecule has 2 amide bonds. The molecule has 2 N–H and O–H groups in total. The van der Waals surface area contributed by atoms with Crippen molar-refractivity contribution in [1.82, 2.24) is 4.90 Å². The molecule has 0 spiro atoms. The van der Waals surface area contributed by atoms with Gasteiger partial charge in [0.1, 0.15) is 6.04 Å². The molecule has 0 saturated carbocycles. The molecular weight excluding hydrogens is 392 g/mol. The molecule has 1 fully saturated rings. The van der Waals surface area contributed by atoms with Crippen molar-refractivity contribution in [3.05, 3.63) is 27.1 Å². The van der Waals surface area contributed by atoms with E-state index in [1.807, 2.05) is 12.1 Å². The molecule has 108 valence electrons. The topological polar surface area (TPSA) is 69.6 Å². The summed E-state index contributed by atoms with van der Waals surface area (Å²) >= 11 is 6.70. The average molecular weight is 406 g/mol. The number of anilines is 1. The molecule has 1 aliphatic rings. The van der Waals surface area contributed by atoms with Gasteiger partial charge in [0.15, 0.2) is 0 Å². The van der Waals surface area contributed by atoms with Gasteiger partial charge in [0.05, 0.1) is 5.69 Å². The second kappa shape index (κ2) is 6.58. The molecule has 1 saturated heterocycles. The van der Waals surface area contributed by atoms with Crippen LogP contribution in [0.3, 0.4) is 0 Å². The number of carboxylic acid groups (broad SMARTS) is 1. The molecule has 1 aromatic rings. The van der Waals surface area contributed by atoms with Crippen molar-refractivity contribution in [2.24, 2.45) is 0 Å². The third-order valence-electron chi connectivity index (χ3n) is 3.22. The zero-order valence-electron chi connectivity index (χ0n) is 10.6. The van der Waals surface area contributed by atoms with Crippen LogP contribution in [0.25, 0.3) is 0 Å². The van der Waals surface area contributed by atoms with Crippen LogP contribution in [0.2, 0.25) is 0 Å². The van der Waals surface area contributed by atoms with Gasteiger partial charge in [-0.2, -0.15) is 0 Å². The minimum absolute atomic E-state index is 0.375. The number of carbonyl (C=O) groups is 2. The van der Waals surface area contributed by atoms with Crippen LogP contribution in [0.5, 0.6) is 0 Å². The summed E-state index contributed by atoms with van der Waals surface area (Å²) in [5, 5.41) is 11.9. The average Bonchev–Trinajstić information content (AvgIpc) is 2.41. The predicted molar refractivity (Wildman–Crippen MR) is 82.8 cm³/mol. The highest BCUT2D eigenvalue weighted by molar-refractivity contribution is 9.11. The van der Waals surface area contributed by atoms with E-state index in [0.717, 1.165) is 21.8 Å². The molecule has 0 aromatic heterocycles. The van der Waals surface area contributed by atoms with Gasteiger partial charge in [0.2, 0.25) is 0 Å². The number of urea groups is 1. The third-order valence-corrected chi connectivity index (χ3v) is 4.37. The van der Waals surface area contributed by atoms with Crippen LogP contribution in [-0.2, 0) is 4.79 Å². The lowest BCUT2D eigenvalue weighted by atomic mass is 10.0. The van der Waals surface area contributed by atoms with Crippen LogP contribution < -0.4 is 5.32 Å². The Morgan fingerprint density at radius 1 is 1.30 bits per heavy atom. The number of rotatable bonds is 2. The highest BCUT2D eigenvalue weighted by Gasteiger charge is 2.32. The molecule has 5 nitrogen and oxygen atoms in total. The number of carboxylic acids is 1. The largest absolute Gasteiger partial charge is 0.480 e. The molecule has 0 aliphatic carbocycles. The Morgan fingerprint density at radius 3 is 2.70 bits per heavy atom. The highest BCUT2D eigenvalue weighted by atomic mass is 79.9. The summed E-state index contributed by atoms with van der Waals surface area (Å²) in [7, 11) is 0. The molecule has 0 radical (unpaired) electrons. The van der Waals surface area contributed by atoms with Gasteiger partial charge >= 0.3 is 12.0 Å². The van der Waals surface area contributed by atoms with E-state index < -0.39 is 12.0 Å². The number of amides is 2. The zero-order chi connectivity index (χ0) is 14.7. The molecule has 0 bridgehead atoms. The Balaban J connectivity index is 2.12. The Labute approximate surface area is 133 Å². The fourth-order valence-electron chi connectivity index (χ4n) is 2.21. The number of nitrogens with zero attached hydrogens (tertiary/aromatic N) is 1. The van der Waals surface area contributed by atoms with E-state index in [1.54, 1.807) is 6.07 Å². The maximum absolute atomic E-state index is 12.2. The number of likely N-dealkylation sites (tertiary alicyclic amines) is 1. The summed E-state index contributed by atoms with van der Waals surface area (Å²) in [6.45, 7) is 0.469. The van der Waals surface area contributed by atoms with Gasteiger partial charge in [-0.15, -0.1) is 0 Å². The first-order valence-electron chi connectivity index (χ1n) is 6.24. The maximum atomic E-state index is 12.2. The lowest BCUT2D eigenvalue weighted by molar-refractivity contribution is -0.143. The van der Waals surface area contributed by atoms with E-state index in [-0.39, 0.29) is 6.03 Å². The summed E-state index contributed by atoms with van der Waals surface area (Å²) < 4.78 is 1.63. The molecular formula is C13H14Br2N2O3. The monoisotopic (exact) mass is 404 g/mol. The molecule has 2 rings (SSSR count). The fourth-order valence-corrected chi connectivity index (χ4v) is 3.36. The van der Waals surface area contributed by atoms with Crippen molar-refractivity contribution < 1.29 is 14.7 Å². The van der Waals surface area contributed by atoms with Crippen molar-refractivity contribution in [1.29, 1.82) is 0 Å². The zero-order valence-corrected chi connectivity index (χ0v) is 13.8. The van der Waals surface area contributed by atoms with Crippen molar-refractivity contribution in [2.45, 2.75) is 25.3 Å². The van der Waals surface area contributed by atoms with Gasteiger partial charge < -0.3 is 15.3 Å². The molecule has 1 unspecified atom stereocenters. The quantitative estimate of drug-likeness (QED) is 0.788. The molecule has 1 aromatic carbocycles. The van der Waals surface area contributed by atoms with Gasteiger partial charge in [-0.05, 0) is 53.4 Å². The summed E-state index contributed by atoms with van der Waals surface area (Å²) in [5.74, 6) is -0.949. The molecule has 1 heterocycles. The molecule has 1 atom stereocenters. The van der Waals surface area contributed by atoms with E-state index >= 15 is 0 Å². The van der Waals surface area contributed by atoms with Crippen molar-refractivity contribution in [2.75, 3.05) is 11.9 Å². The first-order chi connectivity index (χ1) is 9.49. The van der Waals surface area contributed by atoms with Crippen molar-refractivity contribution in [3.8, 4) is 0 Å². The highest BCUT2D eigenvalue weighted by Crippen LogP contribution is 2.27. The minimum Gasteiger partial charge on any atom is -0.480 e. The maximum Gasteiger partial charge on any atom is 0.326 e. The number of nitrogens with one attached hydrogen (secondary N) is 1. The van der Waals surface area contributed by atoms with Crippen molar-refractivity contribution >= 4 is 49.5 Å². The van der Waals surface area contributed by atoms with E-state index in [9.17, 15) is 14.7 Å². The Kier molecular flexibility index (Phi) is 5.04. The van der Waals surface area contributed by atoms with Crippen LogP contribution in [-0.4, -0.2) is 34.6 Å². The number of halogens is 2. The predicted octanol–water partition coefficient (Wildman–Crippen LogP) is 3.68. The summed E-state index contributed by atoms with van der Waals surface area (Å²) in [6.07, 6.45) is 2.17. The fraction of sp³-hybridized carbons (Fsp3) is 0.385. The number of carbonyl (C=O) groups excluding carboxylic acids is 1. The third kappa shape index (κ3) is 3.52. The van der Waals surface area contributed by atoms with Gasteiger partial charge in [-0.25, -0.2) is 9.59 Å². The summed E-state index contributed by atoms with van der Waals surface area (Å²) in [6, 6.07) is 4.27. The van der Waals surface area contributed by atoms with Crippen LogP contribution in [0, 0.1) is 0 Å². The van der Waals surface area contributed by atoms with E-state index in [4.69, 9.17) is 0 Å². The number of hydrogen-bond acceptors (Lipinski definition) is 2. The van der Waals surface area contributed by atoms with Crippen LogP contribution in [0.15, 0.2) is 27.1 Å². The van der Waals surface area contributed by atoms with Gasteiger partial charge in [-0.3, -0.25) is 0 Å². The Bertz CT molecular complexity index is 536. The number of piperidine rings is 1. The normalized spacial score (nSPS) is 18.7. The molecule has 20 heavy (non-hydrogen) atoms. The standard InChI is InChI=1S/C13H14Br2N2O3/c14-8-4-5-10(9(15)7-8)16-13(20)17-6-2-1-3-11(17)12(18)19/h4-5,7,11H,1-3,6H2,(H,16,20)(H,18,19). The summed E-state index contributed by atoms with van der Waals surface area (Å²) in [5.41, 5.74) is 0.618.